The first-order valence-electron chi connectivity index (χ1n) is 7.65. The van der Waals surface area contributed by atoms with Crippen molar-refractivity contribution in [2.24, 2.45) is 4.99 Å². The fourth-order valence-electron chi connectivity index (χ4n) is 3.33. The van der Waals surface area contributed by atoms with Crippen molar-refractivity contribution in [1.29, 1.82) is 0 Å². The number of anilines is 2. The Labute approximate surface area is 147 Å². The number of aliphatic hydroxyl groups is 3. The third kappa shape index (κ3) is 2.26. The van der Waals surface area contributed by atoms with E-state index in [2.05, 4.69) is 15.3 Å². The highest BCUT2D eigenvalue weighted by Crippen LogP contribution is 2.45. The highest BCUT2D eigenvalue weighted by Gasteiger charge is 2.53. The molecule has 1 unspecified atom stereocenters. The van der Waals surface area contributed by atoms with Crippen LogP contribution >= 0.6 is 12.2 Å². The minimum Gasteiger partial charge on any atom is -0.398 e. The Hall–Kier alpha value is -2.11. The number of nitrogen functional groups attached to an aromatic ring is 1. The fourth-order valence-corrected chi connectivity index (χ4v) is 3.55. The molecule has 132 valence electrons. The topological polar surface area (TPSA) is 138 Å². The van der Waals surface area contributed by atoms with Crippen molar-refractivity contribution in [3.8, 4) is 0 Å². The number of aromatic nitrogens is 2. The van der Waals surface area contributed by atoms with Crippen LogP contribution in [0.2, 0.25) is 0 Å². The molecule has 0 saturated carbocycles. The number of hydrogen-bond donors (Lipinski definition) is 5. The molecule has 4 atom stereocenters. The summed E-state index contributed by atoms with van der Waals surface area (Å²) in [5.41, 5.74) is 4.90. The second-order valence-electron chi connectivity index (χ2n) is 6.33. The van der Waals surface area contributed by atoms with Crippen molar-refractivity contribution < 1.29 is 20.1 Å². The van der Waals surface area contributed by atoms with Crippen molar-refractivity contribution in [2.75, 3.05) is 17.7 Å². The quantitative estimate of drug-likeness (QED) is 0.484. The van der Waals surface area contributed by atoms with Gasteiger partial charge in [-0.2, -0.15) is 0 Å². The maximum Gasteiger partial charge on any atom is 0.167 e. The number of rotatable bonds is 2. The number of nitrogens with zero attached hydrogens (tertiary/aromatic N) is 3. The van der Waals surface area contributed by atoms with E-state index in [0.29, 0.717) is 32.7 Å². The van der Waals surface area contributed by atoms with Crippen molar-refractivity contribution in [3.05, 3.63) is 16.9 Å². The van der Waals surface area contributed by atoms with Gasteiger partial charge in [0, 0.05) is 17.3 Å². The summed E-state index contributed by atoms with van der Waals surface area (Å²) in [5.74, 6) is 0.960. The third-order valence-corrected chi connectivity index (χ3v) is 4.84. The Morgan fingerprint density at radius 3 is 2.96 bits per heavy atom. The zero-order valence-electron chi connectivity index (χ0n) is 13.2. The van der Waals surface area contributed by atoms with E-state index in [4.69, 9.17) is 22.7 Å². The molecule has 25 heavy (non-hydrogen) atoms. The van der Waals surface area contributed by atoms with Gasteiger partial charge in [-0.1, -0.05) is 12.2 Å². The summed E-state index contributed by atoms with van der Waals surface area (Å²) in [6.07, 6.45) is 0.00759. The van der Waals surface area contributed by atoms with Gasteiger partial charge in [0.15, 0.2) is 6.23 Å². The maximum atomic E-state index is 10.7. The lowest BCUT2D eigenvalue weighted by atomic mass is 9.96. The van der Waals surface area contributed by atoms with Gasteiger partial charge in [0.05, 0.1) is 18.3 Å². The predicted molar refractivity (Wildman–Crippen MR) is 94.4 cm³/mol. The van der Waals surface area contributed by atoms with Crippen LogP contribution in [0, 0.1) is 4.64 Å². The van der Waals surface area contributed by atoms with Crippen molar-refractivity contribution in [3.63, 3.8) is 0 Å². The summed E-state index contributed by atoms with van der Waals surface area (Å²) in [7, 11) is 0. The van der Waals surface area contributed by atoms with E-state index in [-0.39, 0.29) is 0 Å². The molecule has 2 aromatic rings. The van der Waals surface area contributed by atoms with E-state index in [1.54, 1.807) is 16.8 Å². The van der Waals surface area contributed by atoms with Crippen LogP contribution in [0.15, 0.2) is 17.3 Å². The lowest BCUT2D eigenvalue weighted by molar-refractivity contribution is -0.0955. The largest absolute Gasteiger partial charge is 0.398 e. The van der Waals surface area contributed by atoms with Crippen LogP contribution in [0.3, 0.4) is 0 Å². The molecule has 0 aromatic carbocycles. The molecule has 6 N–H and O–H groups in total. The Morgan fingerprint density at radius 1 is 1.52 bits per heavy atom. The molecule has 2 aliphatic heterocycles. The molecule has 4 rings (SSSR count). The summed E-state index contributed by atoms with van der Waals surface area (Å²) < 4.78 is 7.61. The molecule has 9 nitrogen and oxygen atoms in total. The van der Waals surface area contributed by atoms with Gasteiger partial charge in [-0.15, -0.1) is 0 Å². The molecule has 0 amide bonds. The maximum absolute atomic E-state index is 10.7. The Kier molecular flexibility index (Phi) is 3.56. The Morgan fingerprint density at radius 2 is 2.28 bits per heavy atom. The fraction of sp³-hybridized carbons (Fsp3) is 0.400. The van der Waals surface area contributed by atoms with Crippen molar-refractivity contribution in [1.82, 2.24) is 9.55 Å². The lowest BCUT2D eigenvalue weighted by Crippen LogP contribution is -2.44. The van der Waals surface area contributed by atoms with Gasteiger partial charge in [0.2, 0.25) is 0 Å². The van der Waals surface area contributed by atoms with Gasteiger partial charge in [-0.25, -0.2) is 9.98 Å². The number of hydrogen-bond acceptors (Lipinski definition) is 9. The zero-order valence-corrected chi connectivity index (χ0v) is 14.1. The highest BCUT2D eigenvalue weighted by atomic mass is 32.1. The molecular weight excluding hydrogens is 346 g/mol. The van der Waals surface area contributed by atoms with Crippen molar-refractivity contribution in [2.45, 2.75) is 31.0 Å². The van der Waals surface area contributed by atoms with Gasteiger partial charge in [0.25, 0.3) is 0 Å². The number of nitrogens with two attached hydrogens (primary N) is 1. The number of ether oxygens (including phenoxy) is 1. The molecule has 0 aliphatic carbocycles. The van der Waals surface area contributed by atoms with Gasteiger partial charge >= 0.3 is 0 Å². The van der Waals surface area contributed by atoms with E-state index in [9.17, 15) is 15.3 Å². The van der Waals surface area contributed by atoms with Gasteiger partial charge < -0.3 is 35.7 Å². The summed E-state index contributed by atoms with van der Waals surface area (Å²) in [6, 6.07) is 1.57. The number of aliphatic imine (C=N–C) groups is 1. The summed E-state index contributed by atoms with van der Waals surface area (Å²) in [5, 5.41) is 34.6. The SMILES string of the molecule is CC1(O)[C@H](O)[C@@H](CO)O[C@H]1n1cc2c(N)cc(=S)nc3c2c1N=CN3. The first-order chi connectivity index (χ1) is 11.8. The minimum atomic E-state index is -1.63. The van der Waals surface area contributed by atoms with Crippen LogP contribution in [0.25, 0.3) is 10.8 Å². The Bertz CT molecular complexity index is 957. The number of nitrogens with one attached hydrogen (secondary N) is 1. The zero-order chi connectivity index (χ0) is 17.9. The molecule has 0 spiro atoms. The number of aliphatic hydroxyl groups excluding tert-OH is 2. The van der Waals surface area contributed by atoms with Crippen LogP contribution in [0.1, 0.15) is 13.2 Å². The summed E-state index contributed by atoms with van der Waals surface area (Å²) in [6.45, 7) is 1.03. The average Bonchev–Trinajstić information content (AvgIpc) is 3.00. The van der Waals surface area contributed by atoms with Crippen LogP contribution in [-0.2, 0) is 4.74 Å². The van der Waals surface area contributed by atoms with E-state index < -0.39 is 30.6 Å². The molecule has 2 aliphatic rings. The normalized spacial score (nSPS) is 30.6. The van der Waals surface area contributed by atoms with E-state index in [1.807, 2.05) is 0 Å². The molecule has 10 heteroatoms. The molecule has 2 aromatic heterocycles. The second-order valence-corrected chi connectivity index (χ2v) is 6.75. The van der Waals surface area contributed by atoms with Gasteiger partial charge in [-0.05, 0) is 13.0 Å². The molecule has 4 heterocycles. The van der Waals surface area contributed by atoms with Crippen molar-refractivity contribution >= 4 is 46.7 Å². The smallest absolute Gasteiger partial charge is 0.167 e. The van der Waals surface area contributed by atoms with Crippen LogP contribution in [-0.4, -0.2) is 55.6 Å². The second kappa shape index (κ2) is 5.44. The molecule has 0 bridgehead atoms. The third-order valence-electron chi connectivity index (χ3n) is 4.63. The average molecular weight is 363 g/mol. The van der Waals surface area contributed by atoms with E-state index >= 15 is 0 Å². The van der Waals surface area contributed by atoms with Gasteiger partial charge in [0.1, 0.15) is 34.1 Å². The standard InChI is InChI=1S/C15H17N5O4S/c1-15(23)11(22)8(4-21)24-14(15)20-3-6-7(16)2-9(25)19-12-10(6)13(20)18-5-17-12/h2-3,5,8,11,14,21-23H,4,16H2,1H3,(H,17,18,19,25)/t8-,11-,14-,15?/m1/s1. The van der Waals surface area contributed by atoms with Crippen LogP contribution < -0.4 is 11.1 Å². The molecular formula is C15H17N5O4S. The first kappa shape index (κ1) is 16.4. The molecule has 0 radical (unpaired) electrons. The van der Waals surface area contributed by atoms with Crippen LogP contribution in [0.4, 0.5) is 17.3 Å². The minimum absolute atomic E-state index is 0.337. The predicted octanol–water partition coefficient (Wildman–Crippen LogP) is 0.435. The highest BCUT2D eigenvalue weighted by molar-refractivity contribution is 7.71. The Balaban J connectivity index is 1.98. The van der Waals surface area contributed by atoms with E-state index in [1.165, 1.54) is 13.3 Å². The van der Waals surface area contributed by atoms with Gasteiger partial charge in [-0.3, -0.25) is 0 Å². The van der Waals surface area contributed by atoms with E-state index in [0.717, 1.165) is 0 Å². The first-order valence-corrected chi connectivity index (χ1v) is 8.06. The van der Waals surface area contributed by atoms with Crippen LogP contribution in [0.5, 0.6) is 0 Å². The summed E-state index contributed by atoms with van der Waals surface area (Å²) >= 11 is 5.16. The monoisotopic (exact) mass is 363 g/mol. The summed E-state index contributed by atoms with van der Waals surface area (Å²) in [4.78, 5) is 8.62. The molecule has 1 saturated heterocycles. The lowest BCUT2D eigenvalue weighted by Gasteiger charge is -2.28. The molecule has 1 fully saturated rings.